The molecule has 2 heterocycles. The first-order chi connectivity index (χ1) is 12.1. The minimum atomic E-state index is -3.48. The molecule has 1 aromatic carbocycles. The smallest absolute Gasteiger partial charge is 0.236 e. The predicted molar refractivity (Wildman–Crippen MR) is 95.2 cm³/mol. The molecular weight excluding hydrogens is 342 g/mol. The molecule has 0 bridgehead atoms. The van der Waals surface area contributed by atoms with Crippen LogP contribution in [0.25, 0.3) is 0 Å². The number of rotatable bonds is 8. The van der Waals surface area contributed by atoms with Gasteiger partial charge in [-0.25, -0.2) is 8.42 Å². The van der Waals surface area contributed by atoms with Crippen molar-refractivity contribution in [3.63, 3.8) is 0 Å². The molecular formula is C17H23N3O4S. The van der Waals surface area contributed by atoms with Crippen molar-refractivity contribution in [3.05, 3.63) is 42.7 Å². The van der Waals surface area contributed by atoms with Gasteiger partial charge in [0.15, 0.2) is 0 Å². The molecule has 2 aromatic rings. The lowest BCUT2D eigenvalue weighted by Crippen LogP contribution is -2.24. The van der Waals surface area contributed by atoms with Crippen molar-refractivity contribution in [2.75, 3.05) is 23.7 Å². The van der Waals surface area contributed by atoms with E-state index in [1.165, 1.54) is 6.20 Å². The summed E-state index contributed by atoms with van der Waals surface area (Å²) in [5.74, 6) is 0.525. The van der Waals surface area contributed by atoms with E-state index in [1.54, 1.807) is 23.0 Å². The molecule has 8 heteroatoms. The summed E-state index contributed by atoms with van der Waals surface area (Å²) in [7, 11) is -3.48. The Morgan fingerprint density at radius 2 is 2.12 bits per heavy atom. The van der Waals surface area contributed by atoms with Crippen molar-refractivity contribution in [1.82, 2.24) is 9.78 Å². The van der Waals surface area contributed by atoms with Gasteiger partial charge >= 0.3 is 0 Å². The van der Waals surface area contributed by atoms with Crippen molar-refractivity contribution in [3.8, 4) is 5.75 Å². The number of aromatic nitrogens is 2. The topological polar surface area (TPSA) is 82.5 Å². The molecule has 136 valence electrons. The van der Waals surface area contributed by atoms with Gasteiger partial charge in [0.05, 0.1) is 24.5 Å². The molecule has 1 aliphatic heterocycles. The van der Waals surface area contributed by atoms with E-state index in [9.17, 15) is 8.42 Å². The molecule has 0 radical (unpaired) electrons. The van der Waals surface area contributed by atoms with Crippen LogP contribution in [-0.4, -0.2) is 43.3 Å². The van der Waals surface area contributed by atoms with Gasteiger partial charge in [0.25, 0.3) is 0 Å². The van der Waals surface area contributed by atoms with Crippen LogP contribution in [0.5, 0.6) is 5.75 Å². The minimum Gasteiger partial charge on any atom is -0.492 e. The van der Waals surface area contributed by atoms with Crippen LogP contribution >= 0.6 is 0 Å². The van der Waals surface area contributed by atoms with Crippen LogP contribution in [0.15, 0.2) is 42.7 Å². The highest BCUT2D eigenvalue weighted by molar-refractivity contribution is 7.92. The molecule has 3 rings (SSSR count). The molecule has 0 amide bonds. The predicted octanol–water partition coefficient (Wildman–Crippen LogP) is 2.27. The fourth-order valence-electron chi connectivity index (χ4n) is 2.69. The van der Waals surface area contributed by atoms with Crippen LogP contribution < -0.4 is 9.46 Å². The van der Waals surface area contributed by atoms with Gasteiger partial charge in [-0.05, 0) is 31.4 Å². The number of sulfonamides is 1. The van der Waals surface area contributed by atoms with E-state index in [0.29, 0.717) is 18.0 Å². The quantitative estimate of drug-likeness (QED) is 0.776. The van der Waals surface area contributed by atoms with Crippen molar-refractivity contribution in [1.29, 1.82) is 0 Å². The van der Waals surface area contributed by atoms with Gasteiger partial charge in [-0.1, -0.05) is 18.2 Å². The van der Waals surface area contributed by atoms with Gasteiger partial charge < -0.3 is 9.47 Å². The number of ether oxygens (including phenoxy) is 2. The normalized spacial score (nSPS) is 18.0. The summed E-state index contributed by atoms with van der Waals surface area (Å²) in [5, 5.41) is 4.20. The van der Waals surface area contributed by atoms with Crippen molar-refractivity contribution in [2.24, 2.45) is 0 Å². The van der Waals surface area contributed by atoms with Gasteiger partial charge in [0.2, 0.25) is 10.0 Å². The number of hydrogen-bond donors (Lipinski definition) is 1. The summed E-state index contributed by atoms with van der Waals surface area (Å²) in [4.78, 5) is 0. The number of para-hydroxylation sites is 1. The Balaban J connectivity index is 1.47. The third-order valence-corrected chi connectivity index (χ3v) is 5.19. The van der Waals surface area contributed by atoms with Crippen molar-refractivity contribution < 1.29 is 17.9 Å². The molecule has 0 aliphatic carbocycles. The Morgan fingerprint density at radius 3 is 2.88 bits per heavy atom. The van der Waals surface area contributed by atoms with E-state index >= 15 is 0 Å². The molecule has 1 aromatic heterocycles. The lowest BCUT2D eigenvalue weighted by molar-refractivity contribution is 0.00401. The molecule has 1 fully saturated rings. The third-order valence-electron chi connectivity index (χ3n) is 3.94. The highest BCUT2D eigenvalue weighted by Gasteiger charge is 2.16. The lowest BCUT2D eigenvalue weighted by atomic mass is 10.1. The third kappa shape index (κ3) is 5.75. The van der Waals surface area contributed by atoms with E-state index in [0.717, 1.165) is 25.9 Å². The van der Waals surface area contributed by atoms with Gasteiger partial charge in [0.1, 0.15) is 18.1 Å². The van der Waals surface area contributed by atoms with Gasteiger partial charge in [-0.15, -0.1) is 0 Å². The maximum absolute atomic E-state index is 12.1. The van der Waals surface area contributed by atoms with Crippen molar-refractivity contribution >= 4 is 15.7 Å². The summed E-state index contributed by atoms with van der Waals surface area (Å²) >= 11 is 0. The molecule has 1 N–H and O–H groups in total. The molecule has 0 saturated carbocycles. The lowest BCUT2D eigenvalue weighted by Gasteiger charge is -2.22. The Bertz CT molecular complexity index is 755. The second-order valence-electron chi connectivity index (χ2n) is 6.02. The summed E-state index contributed by atoms with van der Waals surface area (Å²) in [6.07, 6.45) is 6.62. The summed E-state index contributed by atoms with van der Waals surface area (Å²) in [6, 6.07) is 9.13. The average molecular weight is 365 g/mol. The maximum atomic E-state index is 12.1. The molecule has 1 unspecified atom stereocenters. The van der Waals surface area contributed by atoms with Crippen LogP contribution in [0.2, 0.25) is 0 Å². The molecule has 1 atom stereocenters. The number of hydrogen-bond acceptors (Lipinski definition) is 5. The molecule has 1 saturated heterocycles. The highest BCUT2D eigenvalue weighted by atomic mass is 32.2. The first kappa shape index (κ1) is 17.8. The first-order valence-corrected chi connectivity index (χ1v) is 10.1. The van der Waals surface area contributed by atoms with Crippen LogP contribution in [0, 0.1) is 0 Å². The number of nitrogens with one attached hydrogen (secondary N) is 1. The Hall–Kier alpha value is -2.06. The zero-order chi connectivity index (χ0) is 17.5. The van der Waals surface area contributed by atoms with Crippen LogP contribution in [0.4, 0.5) is 5.69 Å². The fourth-order valence-corrected chi connectivity index (χ4v) is 3.56. The molecule has 25 heavy (non-hydrogen) atoms. The van der Waals surface area contributed by atoms with Crippen LogP contribution in [0.3, 0.4) is 0 Å². The molecule has 0 spiro atoms. The fraction of sp³-hybridized carbons (Fsp3) is 0.471. The summed E-state index contributed by atoms with van der Waals surface area (Å²) in [6.45, 7) is 1.51. The maximum Gasteiger partial charge on any atom is 0.236 e. The largest absolute Gasteiger partial charge is 0.492 e. The van der Waals surface area contributed by atoms with Crippen LogP contribution in [-0.2, 0) is 21.3 Å². The monoisotopic (exact) mass is 365 g/mol. The Morgan fingerprint density at radius 1 is 1.28 bits per heavy atom. The van der Waals surface area contributed by atoms with E-state index in [-0.39, 0.29) is 18.5 Å². The SMILES string of the molecule is O=S(=O)(CCOc1ccccc1)Nc1cnn(CC2CCCCO2)c1. The van der Waals surface area contributed by atoms with Crippen molar-refractivity contribution in [2.45, 2.75) is 31.9 Å². The second kappa shape index (κ2) is 8.35. The minimum absolute atomic E-state index is 0.0867. The van der Waals surface area contributed by atoms with E-state index in [2.05, 4.69) is 9.82 Å². The second-order valence-corrected chi connectivity index (χ2v) is 7.86. The van der Waals surface area contributed by atoms with Crippen LogP contribution in [0.1, 0.15) is 19.3 Å². The Labute approximate surface area is 148 Å². The van der Waals surface area contributed by atoms with Gasteiger partial charge in [-0.3, -0.25) is 9.40 Å². The zero-order valence-corrected chi connectivity index (χ0v) is 14.8. The summed E-state index contributed by atoms with van der Waals surface area (Å²) in [5.41, 5.74) is 0.454. The van der Waals surface area contributed by atoms with Gasteiger partial charge in [-0.2, -0.15) is 5.10 Å². The van der Waals surface area contributed by atoms with E-state index < -0.39 is 10.0 Å². The number of nitrogens with zero attached hydrogens (tertiary/aromatic N) is 2. The van der Waals surface area contributed by atoms with Gasteiger partial charge in [0, 0.05) is 12.8 Å². The van der Waals surface area contributed by atoms with E-state index in [1.807, 2.05) is 18.2 Å². The number of anilines is 1. The molecule has 1 aliphatic rings. The Kier molecular flexibility index (Phi) is 5.93. The summed E-state index contributed by atoms with van der Waals surface area (Å²) < 4.78 is 39.6. The molecule has 7 nitrogen and oxygen atoms in total. The number of benzene rings is 1. The average Bonchev–Trinajstić information content (AvgIpc) is 3.02. The highest BCUT2D eigenvalue weighted by Crippen LogP contribution is 2.16. The standard InChI is InChI=1S/C17H23N3O4S/c21-25(22,11-10-24-16-6-2-1-3-7-16)19-15-12-18-20(13-15)14-17-8-4-5-9-23-17/h1-3,6-7,12-13,17,19H,4-5,8-11,14H2. The van der Waals surface area contributed by atoms with E-state index in [4.69, 9.17) is 9.47 Å². The zero-order valence-electron chi connectivity index (χ0n) is 14.0. The first-order valence-electron chi connectivity index (χ1n) is 8.43.